The zero-order valence-corrected chi connectivity index (χ0v) is 11.4. The van der Waals surface area contributed by atoms with E-state index in [9.17, 15) is 4.79 Å². The van der Waals surface area contributed by atoms with E-state index in [-0.39, 0.29) is 12.0 Å². The van der Waals surface area contributed by atoms with E-state index in [0.717, 1.165) is 11.5 Å². The van der Waals surface area contributed by atoms with Gasteiger partial charge in [0, 0.05) is 6.42 Å². The standard InChI is InChI=1S/C13H13N3O3S/c17-12(15-13-16-14-8-20-13)6-5-9-7-18-10-3-1-2-4-11(10)19-9/h1-4,8-9H,5-7H2,(H,15,16,17). The van der Waals surface area contributed by atoms with Gasteiger partial charge in [-0.2, -0.15) is 0 Å². The second kappa shape index (κ2) is 5.87. The largest absolute Gasteiger partial charge is 0.486 e. The number of hydrogen-bond acceptors (Lipinski definition) is 6. The second-order valence-corrected chi connectivity index (χ2v) is 5.16. The number of nitrogens with zero attached hydrogens (tertiary/aromatic N) is 2. The second-order valence-electron chi connectivity index (χ2n) is 4.33. The van der Waals surface area contributed by atoms with Crippen molar-refractivity contribution in [3.63, 3.8) is 0 Å². The molecule has 1 aliphatic rings. The summed E-state index contributed by atoms with van der Waals surface area (Å²) in [6.07, 6.45) is 0.847. The molecule has 7 heteroatoms. The van der Waals surface area contributed by atoms with Crippen molar-refractivity contribution in [2.24, 2.45) is 0 Å². The van der Waals surface area contributed by atoms with Gasteiger partial charge in [-0.1, -0.05) is 23.5 Å². The van der Waals surface area contributed by atoms with E-state index in [1.165, 1.54) is 11.3 Å². The molecule has 1 atom stereocenters. The molecule has 0 aliphatic carbocycles. The minimum Gasteiger partial charge on any atom is -0.486 e. The summed E-state index contributed by atoms with van der Waals surface area (Å²) in [4.78, 5) is 11.7. The van der Waals surface area contributed by atoms with Gasteiger partial charge in [0.15, 0.2) is 11.5 Å². The molecule has 0 saturated carbocycles. The Morgan fingerprint density at radius 2 is 2.25 bits per heavy atom. The third-order valence-electron chi connectivity index (χ3n) is 2.87. The molecular formula is C13H13N3O3S. The Balaban J connectivity index is 1.49. The van der Waals surface area contributed by atoms with Crippen LogP contribution in [0.2, 0.25) is 0 Å². The van der Waals surface area contributed by atoms with Crippen molar-refractivity contribution in [1.29, 1.82) is 0 Å². The Labute approximate surface area is 119 Å². The van der Waals surface area contributed by atoms with Gasteiger partial charge in [0.1, 0.15) is 18.2 Å². The Bertz CT molecular complexity index is 588. The monoisotopic (exact) mass is 291 g/mol. The molecule has 0 saturated heterocycles. The highest BCUT2D eigenvalue weighted by Crippen LogP contribution is 2.31. The van der Waals surface area contributed by atoms with Crippen LogP contribution in [-0.2, 0) is 4.79 Å². The third-order valence-corrected chi connectivity index (χ3v) is 3.47. The van der Waals surface area contributed by atoms with Crippen LogP contribution in [0, 0.1) is 0 Å². The van der Waals surface area contributed by atoms with Crippen LogP contribution in [-0.4, -0.2) is 28.8 Å². The molecule has 1 aromatic carbocycles. The van der Waals surface area contributed by atoms with Crippen molar-refractivity contribution >= 4 is 22.4 Å². The molecule has 0 fully saturated rings. The zero-order valence-electron chi connectivity index (χ0n) is 10.6. The molecule has 1 unspecified atom stereocenters. The number of fused-ring (bicyclic) bond motifs is 1. The lowest BCUT2D eigenvalue weighted by Gasteiger charge is -2.26. The van der Waals surface area contributed by atoms with Crippen LogP contribution in [0.25, 0.3) is 0 Å². The van der Waals surface area contributed by atoms with E-state index in [1.807, 2.05) is 24.3 Å². The number of aromatic nitrogens is 2. The smallest absolute Gasteiger partial charge is 0.226 e. The molecular weight excluding hydrogens is 278 g/mol. The fraction of sp³-hybridized carbons (Fsp3) is 0.308. The first-order valence-electron chi connectivity index (χ1n) is 6.26. The molecule has 1 aliphatic heterocycles. The van der Waals surface area contributed by atoms with E-state index >= 15 is 0 Å². The quantitative estimate of drug-likeness (QED) is 0.933. The molecule has 6 nitrogen and oxygen atoms in total. The van der Waals surface area contributed by atoms with Crippen LogP contribution in [0.5, 0.6) is 11.5 Å². The number of para-hydroxylation sites is 2. The summed E-state index contributed by atoms with van der Waals surface area (Å²) in [7, 11) is 0. The number of carbonyl (C=O) groups is 1. The zero-order chi connectivity index (χ0) is 13.8. The van der Waals surface area contributed by atoms with Gasteiger partial charge in [-0.05, 0) is 18.6 Å². The van der Waals surface area contributed by atoms with Crippen molar-refractivity contribution in [1.82, 2.24) is 10.2 Å². The van der Waals surface area contributed by atoms with Gasteiger partial charge in [-0.25, -0.2) is 0 Å². The molecule has 2 heterocycles. The molecule has 3 rings (SSSR count). The SMILES string of the molecule is O=C(CCC1COc2ccccc2O1)Nc1nncs1. The van der Waals surface area contributed by atoms with E-state index in [2.05, 4.69) is 15.5 Å². The first kappa shape index (κ1) is 12.9. The van der Waals surface area contributed by atoms with Crippen LogP contribution in [0.3, 0.4) is 0 Å². The maximum atomic E-state index is 11.7. The van der Waals surface area contributed by atoms with Gasteiger partial charge >= 0.3 is 0 Å². The highest BCUT2D eigenvalue weighted by molar-refractivity contribution is 7.13. The molecule has 2 aromatic rings. The number of rotatable bonds is 4. The summed E-state index contributed by atoms with van der Waals surface area (Å²) in [6, 6.07) is 7.53. The summed E-state index contributed by atoms with van der Waals surface area (Å²) >= 11 is 1.29. The van der Waals surface area contributed by atoms with Crippen molar-refractivity contribution in [2.45, 2.75) is 18.9 Å². The first-order chi connectivity index (χ1) is 9.81. The van der Waals surface area contributed by atoms with Gasteiger partial charge in [0.05, 0.1) is 0 Å². The Kier molecular flexibility index (Phi) is 3.78. The predicted molar refractivity (Wildman–Crippen MR) is 74.1 cm³/mol. The molecule has 0 bridgehead atoms. The predicted octanol–water partition coefficient (Wildman–Crippen LogP) is 2.10. The minimum atomic E-state index is -0.106. The number of nitrogens with one attached hydrogen (secondary N) is 1. The summed E-state index contributed by atoms with van der Waals surface area (Å²) < 4.78 is 11.4. The maximum Gasteiger partial charge on any atom is 0.226 e. The lowest BCUT2D eigenvalue weighted by Crippen LogP contribution is -2.30. The van der Waals surface area contributed by atoms with Crippen LogP contribution in [0.15, 0.2) is 29.8 Å². The molecule has 1 aromatic heterocycles. The highest BCUT2D eigenvalue weighted by Gasteiger charge is 2.21. The van der Waals surface area contributed by atoms with Gasteiger partial charge in [0.25, 0.3) is 0 Å². The fourth-order valence-electron chi connectivity index (χ4n) is 1.91. The number of hydrogen-bond donors (Lipinski definition) is 1. The van der Waals surface area contributed by atoms with Gasteiger partial charge in [-0.3, -0.25) is 4.79 Å². The van der Waals surface area contributed by atoms with Crippen LogP contribution < -0.4 is 14.8 Å². The summed E-state index contributed by atoms with van der Waals surface area (Å²) in [5.74, 6) is 1.39. The highest BCUT2D eigenvalue weighted by atomic mass is 32.1. The lowest BCUT2D eigenvalue weighted by molar-refractivity contribution is -0.116. The minimum absolute atomic E-state index is 0.0933. The van der Waals surface area contributed by atoms with E-state index in [4.69, 9.17) is 9.47 Å². The summed E-state index contributed by atoms with van der Waals surface area (Å²) in [5.41, 5.74) is 1.57. The topological polar surface area (TPSA) is 73.3 Å². The third kappa shape index (κ3) is 3.05. The first-order valence-corrected chi connectivity index (χ1v) is 7.14. The maximum absolute atomic E-state index is 11.7. The molecule has 0 radical (unpaired) electrons. The Hall–Kier alpha value is -2.15. The molecule has 20 heavy (non-hydrogen) atoms. The van der Waals surface area contributed by atoms with Gasteiger partial charge < -0.3 is 14.8 Å². The van der Waals surface area contributed by atoms with E-state index in [0.29, 0.717) is 24.6 Å². The number of ether oxygens (including phenoxy) is 2. The molecule has 1 N–H and O–H groups in total. The van der Waals surface area contributed by atoms with Crippen LogP contribution in [0.4, 0.5) is 5.13 Å². The van der Waals surface area contributed by atoms with Gasteiger partial charge in [-0.15, -0.1) is 10.2 Å². The fourth-order valence-corrected chi connectivity index (χ4v) is 2.37. The van der Waals surface area contributed by atoms with Gasteiger partial charge in [0.2, 0.25) is 11.0 Å². The average molecular weight is 291 g/mol. The van der Waals surface area contributed by atoms with Crippen LogP contribution >= 0.6 is 11.3 Å². The lowest BCUT2D eigenvalue weighted by atomic mass is 10.1. The molecule has 0 spiro atoms. The average Bonchev–Trinajstić information content (AvgIpc) is 2.98. The van der Waals surface area contributed by atoms with Crippen molar-refractivity contribution in [3.05, 3.63) is 29.8 Å². The van der Waals surface area contributed by atoms with Crippen molar-refractivity contribution in [3.8, 4) is 11.5 Å². The Morgan fingerprint density at radius 3 is 3.05 bits per heavy atom. The number of benzene rings is 1. The molecule has 104 valence electrons. The van der Waals surface area contributed by atoms with Crippen molar-refractivity contribution < 1.29 is 14.3 Å². The van der Waals surface area contributed by atoms with Crippen LogP contribution in [0.1, 0.15) is 12.8 Å². The number of amides is 1. The van der Waals surface area contributed by atoms with Crippen molar-refractivity contribution in [2.75, 3.05) is 11.9 Å². The van der Waals surface area contributed by atoms with E-state index < -0.39 is 0 Å². The summed E-state index contributed by atoms with van der Waals surface area (Å²) in [6.45, 7) is 0.461. The number of carbonyl (C=O) groups excluding carboxylic acids is 1. The molecule has 1 amide bonds. The summed E-state index contributed by atoms with van der Waals surface area (Å²) in [5, 5.41) is 10.6. The Morgan fingerprint density at radius 1 is 1.40 bits per heavy atom. The number of anilines is 1. The normalized spacial score (nSPS) is 16.7. The van der Waals surface area contributed by atoms with E-state index in [1.54, 1.807) is 5.51 Å².